The number of alkyl halides is 3. The molecule has 0 aromatic heterocycles. The van der Waals surface area contributed by atoms with Crippen LogP contribution in [-0.4, -0.2) is 54.2 Å². The molecule has 0 saturated carbocycles. The summed E-state index contributed by atoms with van der Waals surface area (Å²) < 4.78 is 55.3. The van der Waals surface area contributed by atoms with Crippen molar-refractivity contribution in [3.63, 3.8) is 0 Å². The first kappa shape index (κ1) is 27.6. The van der Waals surface area contributed by atoms with Crippen LogP contribution in [0.25, 0.3) is 6.08 Å². The maximum Gasteiger partial charge on any atom is 0.430 e. The van der Waals surface area contributed by atoms with E-state index in [0.717, 1.165) is 17.8 Å². The Balaban J connectivity index is 2.06. The Kier molecular flexibility index (Phi) is 9.06. The van der Waals surface area contributed by atoms with Gasteiger partial charge in [-0.3, -0.25) is 4.79 Å². The minimum Gasteiger partial charge on any atom is -0.475 e. The molecule has 188 valence electrons. The molecule has 1 aliphatic rings. The Labute approximate surface area is 201 Å². The molecule has 0 fully saturated rings. The second-order valence-corrected chi connectivity index (χ2v) is 9.45. The molecule has 14 heteroatoms. The lowest BCUT2D eigenvalue weighted by molar-refractivity contribution is -0.756. The zero-order valence-corrected chi connectivity index (χ0v) is 19.8. The molecule has 0 amide bonds. The Hall–Kier alpha value is -2.67. The maximum absolute atomic E-state index is 13.6. The molecule has 0 bridgehead atoms. The van der Waals surface area contributed by atoms with Gasteiger partial charge in [0.25, 0.3) is 5.09 Å². The molecule has 2 rings (SSSR count). The highest BCUT2D eigenvalue weighted by Gasteiger charge is 2.49. The molecule has 1 aliphatic heterocycles. The number of hydrogen-bond donors (Lipinski definition) is 0. The number of esters is 2. The molecular formula is C20H21ClF3NO8S. The zero-order chi connectivity index (χ0) is 25.7. The predicted octanol–water partition coefficient (Wildman–Crippen LogP) is 4.33. The van der Waals surface area contributed by atoms with Crippen LogP contribution >= 0.6 is 23.4 Å². The van der Waals surface area contributed by atoms with E-state index in [1.165, 1.54) is 12.1 Å². The second kappa shape index (κ2) is 11.2. The highest BCUT2D eigenvalue weighted by Crippen LogP contribution is 2.42. The minimum atomic E-state index is -4.93. The fraction of sp³-hybridized carbons (Fsp3) is 0.500. The number of ether oxygens (including phenoxy) is 3. The fourth-order valence-electron chi connectivity index (χ4n) is 2.80. The zero-order valence-electron chi connectivity index (χ0n) is 18.3. The van der Waals surface area contributed by atoms with Crippen LogP contribution in [0, 0.1) is 10.1 Å². The van der Waals surface area contributed by atoms with E-state index < -0.39 is 47.1 Å². The average molecular weight is 528 g/mol. The SMILES string of the molecule is CC(C)(C)c1cc2c(cc1Cl)C=C(C(=O)OCOC(=O)CSCCO[N+](=O)[O-])[C@@H](C(F)(F)F)O2. The van der Waals surface area contributed by atoms with Crippen molar-refractivity contribution in [2.75, 3.05) is 24.9 Å². The van der Waals surface area contributed by atoms with E-state index in [-0.39, 0.29) is 29.4 Å². The number of rotatable bonds is 9. The van der Waals surface area contributed by atoms with Crippen molar-refractivity contribution in [1.82, 2.24) is 0 Å². The first-order valence-corrected chi connectivity index (χ1v) is 11.2. The van der Waals surface area contributed by atoms with Crippen LogP contribution in [0.5, 0.6) is 5.75 Å². The molecular weight excluding hydrogens is 507 g/mol. The van der Waals surface area contributed by atoms with Gasteiger partial charge in [0.2, 0.25) is 12.9 Å². The molecule has 34 heavy (non-hydrogen) atoms. The summed E-state index contributed by atoms with van der Waals surface area (Å²) in [7, 11) is 0. The van der Waals surface area contributed by atoms with E-state index in [4.69, 9.17) is 16.3 Å². The number of carbonyl (C=O) groups is 2. The summed E-state index contributed by atoms with van der Waals surface area (Å²) in [4.78, 5) is 38.0. The van der Waals surface area contributed by atoms with Crippen LogP contribution in [-0.2, 0) is 29.3 Å². The number of carbonyl (C=O) groups excluding carboxylic acids is 2. The topological polar surface area (TPSA) is 114 Å². The van der Waals surface area contributed by atoms with Crippen LogP contribution in [0.3, 0.4) is 0 Å². The second-order valence-electron chi connectivity index (χ2n) is 7.93. The third-order valence-corrected chi connectivity index (χ3v) is 5.54. The number of fused-ring (bicyclic) bond motifs is 1. The first-order valence-electron chi connectivity index (χ1n) is 9.67. The van der Waals surface area contributed by atoms with Gasteiger partial charge in [0, 0.05) is 16.3 Å². The van der Waals surface area contributed by atoms with Gasteiger partial charge in [-0.2, -0.15) is 13.2 Å². The van der Waals surface area contributed by atoms with E-state index in [1.807, 2.05) is 20.8 Å². The molecule has 1 atom stereocenters. The van der Waals surface area contributed by atoms with Crippen molar-refractivity contribution in [2.24, 2.45) is 0 Å². The first-order chi connectivity index (χ1) is 15.7. The number of halogens is 4. The molecule has 0 saturated heterocycles. The van der Waals surface area contributed by atoms with Crippen molar-refractivity contribution < 1.29 is 46.9 Å². The van der Waals surface area contributed by atoms with Gasteiger partial charge in [-0.25, -0.2) is 4.79 Å². The minimum absolute atomic E-state index is 0.0855. The van der Waals surface area contributed by atoms with E-state index in [9.17, 15) is 32.9 Å². The van der Waals surface area contributed by atoms with Gasteiger partial charge in [0.05, 0.1) is 11.3 Å². The van der Waals surface area contributed by atoms with Crippen LogP contribution < -0.4 is 4.74 Å². The smallest absolute Gasteiger partial charge is 0.430 e. The number of thioether (sulfide) groups is 1. The molecule has 0 unspecified atom stereocenters. The van der Waals surface area contributed by atoms with Crippen molar-refractivity contribution in [3.05, 3.63) is 44.0 Å². The lowest BCUT2D eigenvalue weighted by Crippen LogP contribution is -2.41. The highest BCUT2D eigenvalue weighted by molar-refractivity contribution is 7.99. The third kappa shape index (κ3) is 7.69. The van der Waals surface area contributed by atoms with Crippen LogP contribution in [0.4, 0.5) is 13.2 Å². The summed E-state index contributed by atoms with van der Waals surface area (Å²) in [6.07, 6.45) is -6.54. The average Bonchev–Trinajstić information content (AvgIpc) is 2.70. The van der Waals surface area contributed by atoms with Crippen molar-refractivity contribution in [3.8, 4) is 5.75 Å². The molecule has 0 N–H and O–H groups in total. The van der Waals surface area contributed by atoms with Gasteiger partial charge in [-0.05, 0) is 29.2 Å². The summed E-state index contributed by atoms with van der Waals surface area (Å²) in [5, 5.41) is 9.31. The molecule has 0 radical (unpaired) electrons. The molecule has 0 aliphatic carbocycles. The van der Waals surface area contributed by atoms with Gasteiger partial charge in [0.15, 0.2) is 0 Å². The molecule has 1 aromatic carbocycles. The van der Waals surface area contributed by atoms with Crippen molar-refractivity contribution in [1.29, 1.82) is 0 Å². The summed E-state index contributed by atoms with van der Waals surface area (Å²) in [6, 6.07) is 2.81. The monoisotopic (exact) mass is 527 g/mol. The number of nitrogens with zero attached hydrogens (tertiary/aromatic N) is 1. The number of benzene rings is 1. The maximum atomic E-state index is 13.6. The molecule has 1 aromatic rings. The van der Waals surface area contributed by atoms with Gasteiger partial charge < -0.3 is 19.0 Å². The van der Waals surface area contributed by atoms with Crippen LogP contribution in [0.2, 0.25) is 5.02 Å². The summed E-state index contributed by atoms with van der Waals surface area (Å²) in [5.41, 5.74) is -0.561. The van der Waals surface area contributed by atoms with E-state index in [0.29, 0.717) is 10.6 Å². The van der Waals surface area contributed by atoms with Crippen LogP contribution in [0.15, 0.2) is 17.7 Å². The Morgan fingerprint density at radius 1 is 1.24 bits per heavy atom. The predicted molar refractivity (Wildman–Crippen MR) is 116 cm³/mol. The largest absolute Gasteiger partial charge is 0.475 e. The summed E-state index contributed by atoms with van der Waals surface area (Å²) >= 11 is 7.22. The van der Waals surface area contributed by atoms with Gasteiger partial charge >= 0.3 is 18.1 Å². The van der Waals surface area contributed by atoms with Gasteiger partial charge in [0.1, 0.15) is 12.4 Å². The summed E-state index contributed by atoms with van der Waals surface area (Å²) in [6.45, 7) is 4.34. The number of hydrogen-bond acceptors (Lipinski definition) is 9. The lowest BCUT2D eigenvalue weighted by Gasteiger charge is -2.30. The van der Waals surface area contributed by atoms with Crippen molar-refractivity contribution in [2.45, 2.75) is 38.5 Å². The van der Waals surface area contributed by atoms with Gasteiger partial charge in [-0.1, -0.05) is 32.4 Å². The van der Waals surface area contributed by atoms with Crippen molar-refractivity contribution >= 4 is 41.4 Å². The molecule has 0 spiro atoms. The van der Waals surface area contributed by atoms with E-state index in [2.05, 4.69) is 14.3 Å². The highest BCUT2D eigenvalue weighted by atomic mass is 35.5. The standard InChI is InChI=1S/C20H21ClF3NO8S/c1-19(2,3)13-8-15-11(7-14(13)21)6-12(17(33-15)20(22,23)24)18(27)31-10-30-16(26)9-34-5-4-32-25(28)29/h6-8,17H,4-5,9-10H2,1-3H3/t17-/m0/s1. The fourth-order valence-corrected chi connectivity index (χ4v) is 3.84. The Bertz CT molecular complexity index is 978. The van der Waals surface area contributed by atoms with Crippen LogP contribution in [0.1, 0.15) is 31.9 Å². The summed E-state index contributed by atoms with van der Waals surface area (Å²) in [5.74, 6) is -2.43. The van der Waals surface area contributed by atoms with E-state index in [1.54, 1.807) is 0 Å². The molecule has 9 nitrogen and oxygen atoms in total. The lowest BCUT2D eigenvalue weighted by atomic mass is 9.85. The third-order valence-electron chi connectivity index (χ3n) is 4.33. The van der Waals surface area contributed by atoms with E-state index >= 15 is 0 Å². The quantitative estimate of drug-likeness (QED) is 0.152. The van der Waals surface area contributed by atoms with Gasteiger partial charge in [-0.15, -0.1) is 21.9 Å². The Morgan fingerprint density at radius 2 is 1.91 bits per heavy atom. The Morgan fingerprint density at radius 3 is 2.50 bits per heavy atom. The molecule has 1 heterocycles. The normalized spacial score (nSPS) is 15.5.